The van der Waals surface area contributed by atoms with Crippen molar-refractivity contribution in [2.24, 2.45) is 5.92 Å². The normalized spacial score (nSPS) is 13.7. The highest BCUT2D eigenvalue weighted by Gasteiger charge is 2.29. The van der Waals surface area contributed by atoms with E-state index in [-0.39, 0.29) is 5.92 Å². The lowest BCUT2D eigenvalue weighted by molar-refractivity contribution is -0.106. The van der Waals surface area contributed by atoms with Gasteiger partial charge >= 0.3 is 0 Å². The second-order valence-corrected chi connectivity index (χ2v) is 4.34. The summed E-state index contributed by atoms with van der Waals surface area (Å²) in [4.78, 5) is 8.81. The molecule has 1 atom stereocenters. The van der Waals surface area contributed by atoms with Crippen LogP contribution in [0.1, 0.15) is 38.8 Å². The summed E-state index contributed by atoms with van der Waals surface area (Å²) in [6.45, 7) is 8.89. The second kappa shape index (κ2) is 6.41. The Hall–Kier alpha value is -1.18. The molecule has 0 heterocycles. The van der Waals surface area contributed by atoms with E-state index in [0.717, 1.165) is 17.4 Å². The first kappa shape index (κ1) is 14.8. The number of alkyl halides is 1. The minimum atomic E-state index is -1.22. The van der Waals surface area contributed by atoms with Crippen LogP contribution >= 0.6 is 0 Å². The third-order valence-corrected chi connectivity index (χ3v) is 2.67. The van der Waals surface area contributed by atoms with E-state index in [1.807, 2.05) is 45.0 Å². The summed E-state index contributed by atoms with van der Waals surface area (Å²) in [6.07, 6.45) is 0.750. The topological polar surface area (TPSA) is 17.1 Å². The number of carbonyl (C=O) groups is 1. The van der Waals surface area contributed by atoms with E-state index >= 15 is 0 Å². The highest BCUT2D eigenvalue weighted by molar-refractivity contribution is 5.44. The van der Waals surface area contributed by atoms with E-state index in [0.29, 0.717) is 0 Å². The molecule has 0 aliphatic carbocycles. The molecule has 1 aromatic rings. The molecule has 0 N–H and O–H groups in total. The molecule has 0 amide bonds. The molecule has 0 saturated heterocycles. The van der Waals surface area contributed by atoms with Gasteiger partial charge in [0.25, 0.3) is 0 Å². The molecule has 1 unspecified atom stereocenters. The largest absolute Gasteiger partial charge is 0.304 e. The van der Waals surface area contributed by atoms with Gasteiger partial charge in [0.15, 0.2) is 0 Å². The zero-order valence-electron chi connectivity index (χ0n) is 10.8. The molecule has 0 radical (unpaired) electrons. The molecular formula is C14H21FO. The van der Waals surface area contributed by atoms with E-state index < -0.39 is 5.67 Å². The van der Waals surface area contributed by atoms with Crippen LogP contribution in [0, 0.1) is 12.8 Å². The maximum absolute atomic E-state index is 14.1. The number of aryl methyl sites for hydroxylation is 1. The molecular weight excluding hydrogens is 203 g/mol. The van der Waals surface area contributed by atoms with Crippen LogP contribution in [0.15, 0.2) is 24.3 Å². The number of hydrogen-bond acceptors (Lipinski definition) is 1. The fourth-order valence-electron chi connectivity index (χ4n) is 1.28. The number of hydrogen-bond donors (Lipinski definition) is 0. The lowest BCUT2D eigenvalue weighted by atomic mass is 9.86. The van der Waals surface area contributed by atoms with Gasteiger partial charge in [0, 0.05) is 0 Å². The molecule has 90 valence electrons. The average molecular weight is 224 g/mol. The Morgan fingerprint density at radius 2 is 1.88 bits per heavy atom. The molecule has 0 fully saturated rings. The van der Waals surface area contributed by atoms with Gasteiger partial charge in [-0.1, -0.05) is 43.7 Å². The first-order valence-corrected chi connectivity index (χ1v) is 5.52. The van der Waals surface area contributed by atoms with Gasteiger partial charge in [0.05, 0.1) is 0 Å². The summed E-state index contributed by atoms with van der Waals surface area (Å²) in [5, 5.41) is 0. The van der Waals surface area contributed by atoms with Gasteiger partial charge in [0.1, 0.15) is 12.0 Å². The van der Waals surface area contributed by atoms with Crippen LogP contribution < -0.4 is 0 Å². The molecule has 0 aliphatic heterocycles. The summed E-state index contributed by atoms with van der Waals surface area (Å²) in [6, 6.07) is 7.66. The summed E-state index contributed by atoms with van der Waals surface area (Å²) in [7, 11) is 0. The van der Waals surface area contributed by atoms with Crippen LogP contribution in [0.2, 0.25) is 0 Å². The summed E-state index contributed by atoms with van der Waals surface area (Å²) < 4.78 is 14.1. The molecule has 1 aromatic carbocycles. The summed E-state index contributed by atoms with van der Waals surface area (Å²) in [5.74, 6) is 0.00861. The van der Waals surface area contributed by atoms with Gasteiger partial charge in [-0.05, 0) is 32.3 Å². The summed E-state index contributed by atoms with van der Waals surface area (Å²) in [5.41, 5.74) is 0.677. The number of aldehydes is 1. The van der Waals surface area contributed by atoms with Crippen molar-refractivity contribution in [2.45, 2.75) is 40.3 Å². The molecule has 0 aliphatic rings. The van der Waals surface area contributed by atoms with Crippen molar-refractivity contribution in [1.82, 2.24) is 0 Å². The van der Waals surface area contributed by atoms with Gasteiger partial charge in [-0.15, -0.1) is 0 Å². The van der Waals surface area contributed by atoms with Crippen molar-refractivity contribution in [2.75, 3.05) is 0 Å². The number of halogens is 1. The van der Waals surface area contributed by atoms with Crippen LogP contribution in [-0.4, -0.2) is 6.29 Å². The van der Waals surface area contributed by atoms with Crippen molar-refractivity contribution in [3.63, 3.8) is 0 Å². The van der Waals surface area contributed by atoms with Crippen LogP contribution in [0.3, 0.4) is 0 Å². The summed E-state index contributed by atoms with van der Waals surface area (Å²) >= 11 is 0. The molecule has 0 bridgehead atoms. The van der Waals surface area contributed by atoms with Gasteiger partial charge in [-0.3, -0.25) is 0 Å². The minimum Gasteiger partial charge on any atom is -0.304 e. The van der Waals surface area contributed by atoms with Crippen LogP contribution in [-0.2, 0) is 10.5 Å². The van der Waals surface area contributed by atoms with Crippen molar-refractivity contribution in [3.05, 3.63) is 35.4 Å². The smallest absolute Gasteiger partial charge is 0.135 e. The Balaban J connectivity index is 0.000000673. The van der Waals surface area contributed by atoms with Gasteiger partial charge in [-0.25, -0.2) is 4.39 Å². The van der Waals surface area contributed by atoms with Crippen molar-refractivity contribution < 1.29 is 9.18 Å². The van der Waals surface area contributed by atoms with E-state index in [4.69, 9.17) is 4.79 Å². The first-order valence-electron chi connectivity index (χ1n) is 5.52. The fourth-order valence-corrected chi connectivity index (χ4v) is 1.28. The Morgan fingerprint density at radius 1 is 1.38 bits per heavy atom. The quantitative estimate of drug-likeness (QED) is 0.693. The fraction of sp³-hybridized carbons (Fsp3) is 0.500. The third kappa shape index (κ3) is 4.13. The SMILES string of the molecule is CC=O.Cc1cccc(C(C)(F)C(C)C)c1. The van der Waals surface area contributed by atoms with Gasteiger partial charge < -0.3 is 4.79 Å². The van der Waals surface area contributed by atoms with Crippen molar-refractivity contribution >= 4 is 6.29 Å². The van der Waals surface area contributed by atoms with Crippen LogP contribution in [0.4, 0.5) is 4.39 Å². The standard InChI is InChI=1S/C12H17F.C2H4O/c1-9(2)12(4,13)11-7-5-6-10(3)8-11;1-2-3/h5-9H,1-4H3;2H,1H3. The average Bonchev–Trinajstić information content (AvgIpc) is 2.18. The molecule has 1 rings (SSSR count). The van der Waals surface area contributed by atoms with E-state index in [2.05, 4.69) is 0 Å². The van der Waals surface area contributed by atoms with Crippen molar-refractivity contribution in [1.29, 1.82) is 0 Å². The van der Waals surface area contributed by atoms with E-state index in [1.165, 1.54) is 6.92 Å². The molecule has 1 nitrogen and oxygen atoms in total. The number of benzene rings is 1. The predicted molar refractivity (Wildman–Crippen MR) is 66.2 cm³/mol. The van der Waals surface area contributed by atoms with Gasteiger partial charge in [-0.2, -0.15) is 0 Å². The maximum atomic E-state index is 14.1. The Kier molecular flexibility index (Phi) is 5.94. The highest BCUT2D eigenvalue weighted by Crippen LogP contribution is 2.33. The minimum absolute atomic E-state index is 0.00861. The zero-order chi connectivity index (χ0) is 12.8. The van der Waals surface area contributed by atoms with Gasteiger partial charge in [0.2, 0.25) is 0 Å². The molecule has 0 aromatic heterocycles. The number of carbonyl (C=O) groups excluding carboxylic acids is 1. The lowest BCUT2D eigenvalue weighted by Gasteiger charge is -2.25. The monoisotopic (exact) mass is 224 g/mol. The Labute approximate surface area is 97.7 Å². The molecule has 0 saturated carbocycles. The predicted octanol–water partition coefficient (Wildman–Crippen LogP) is 4.04. The van der Waals surface area contributed by atoms with Crippen molar-refractivity contribution in [3.8, 4) is 0 Å². The zero-order valence-corrected chi connectivity index (χ0v) is 10.8. The number of rotatable bonds is 2. The Morgan fingerprint density at radius 3 is 2.25 bits per heavy atom. The molecule has 16 heavy (non-hydrogen) atoms. The van der Waals surface area contributed by atoms with E-state index in [1.54, 1.807) is 6.92 Å². The maximum Gasteiger partial charge on any atom is 0.135 e. The second-order valence-electron chi connectivity index (χ2n) is 4.34. The first-order chi connectivity index (χ1) is 7.36. The molecule has 0 spiro atoms. The lowest BCUT2D eigenvalue weighted by Crippen LogP contribution is -2.22. The highest BCUT2D eigenvalue weighted by atomic mass is 19.1. The van der Waals surface area contributed by atoms with E-state index in [9.17, 15) is 4.39 Å². The third-order valence-electron chi connectivity index (χ3n) is 2.67. The Bertz CT molecular complexity index is 329. The molecule has 2 heteroatoms. The van der Waals surface area contributed by atoms with Crippen LogP contribution in [0.25, 0.3) is 0 Å². The van der Waals surface area contributed by atoms with Crippen LogP contribution in [0.5, 0.6) is 0 Å².